The highest BCUT2D eigenvalue weighted by Gasteiger charge is 2.41. The van der Waals surface area contributed by atoms with Crippen LogP contribution in [-0.4, -0.2) is 38.4 Å². The second-order valence-electron chi connectivity index (χ2n) is 6.74. The number of hydrazone groups is 1. The molecule has 1 aliphatic heterocycles. The number of phenolic OH excluding ortho intramolecular Hbond substituents is 1. The number of fused-ring (bicyclic) bond motifs is 1. The monoisotopic (exact) mass is 470 g/mol. The second kappa shape index (κ2) is 8.49. The Kier molecular flexibility index (Phi) is 5.74. The Labute approximate surface area is 190 Å². The maximum Gasteiger partial charge on any atom is 0.355 e. The number of carbonyl (C=O) groups is 2. The van der Waals surface area contributed by atoms with E-state index in [1.807, 2.05) is 0 Å². The highest BCUT2D eigenvalue weighted by molar-refractivity contribution is 7.94. The quantitative estimate of drug-likeness (QED) is 0.146. The summed E-state index contributed by atoms with van der Waals surface area (Å²) in [6.07, 6.45) is 0. The number of amides is 1. The molecule has 1 amide bonds. The molecule has 1 unspecified atom stereocenters. The molecule has 32 heavy (non-hydrogen) atoms. The van der Waals surface area contributed by atoms with Crippen LogP contribution in [-0.2, 0) is 22.2 Å². The number of anilines is 2. The number of nitrogens with two attached hydrogens (primary N) is 1. The van der Waals surface area contributed by atoms with Gasteiger partial charge in [-0.05, 0) is 66.5 Å². The van der Waals surface area contributed by atoms with Gasteiger partial charge in [0.1, 0.15) is 10.6 Å². The Morgan fingerprint density at radius 3 is 2.56 bits per heavy atom. The minimum absolute atomic E-state index is 0.0474. The number of azo groups is 1. The normalized spacial score (nSPS) is 16.2. The lowest BCUT2D eigenvalue weighted by Gasteiger charge is -2.11. The highest BCUT2D eigenvalue weighted by atomic mass is 32.2. The van der Waals surface area contributed by atoms with Crippen molar-refractivity contribution < 1.29 is 24.4 Å². The van der Waals surface area contributed by atoms with Crippen molar-refractivity contribution in [3.05, 3.63) is 48.5 Å². The summed E-state index contributed by atoms with van der Waals surface area (Å²) in [7, 11) is 0. The van der Waals surface area contributed by atoms with Crippen LogP contribution in [0.5, 0.6) is 5.75 Å². The molecule has 3 aromatic carbocycles. The number of hydrogen-bond acceptors (Lipinski definition) is 9. The van der Waals surface area contributed by atoms with Crippen LogP contribution in [0.3, 0.4) is 0 Å². The molecule has 0 saturated carbocycles. The number of phenols is 1. The summed E-state index contributed by atoms with van der Waals surface area (Å²) < 4.78 is 9.33. The second-order valence-corrected chi connectivity index (χ2v) is 7.94. The molecule has 5 N–H and O–H groups in total. The summed E-state index contributed by atoms with van der Waals surface area (Å²) in [4.78, 5) is 25.5. The molecule has 0 radical (unpaired) electrons. The number of carbonyl (C=O) groups excluding carboxylic acids is 1. The summed E-state index contributed by atoms with van der Waals surface area (Å²) in [6.45, 7) is 0. The molecule has 0 bridgehead atoms. The topological polar surface area (TPSA) is 161 Å². The maximum absolute atomic E-state index is 12.8. The van der Waals surface area contributed by atoms with Crippen LogP contribution in [0.15, 0.2) is 73.7 Å². The van der Waals surface area contributed by atoms with Gasteiger partial charge in [-0.2, -0.15) is 20.3 Å². The Hall–Kier alpha value is -3.61. The van der Waals surface area contributed by atoms with Gasteiger partial charge in [0.2, 0.25) is 6.04 Å². The number of nitrogens with zero attached hydrogens (tertiary/aromatic N) is 4. The van der Waals surface area contributed by atoms with Crippen LogP contribution < -0.4 is 10.7 Å². The lowest BCUT2D eigenvalue weighted by molar-refractivity contribution is -0.130. The van der Waals surface area contributed by atoms with Gasteiger partial charge in [-0.3, -0.25) is 4.79 Å². The molecular weight excluding hydrogens is 454 g/mol. The minimum Gasteiger partial charge on any atom is -0.505 e. The van der Waals surface area contributed by atoms with Crippen LogP contribution in [0.4, 0.5) is 17.1 Å². The van der Waals surface area contributed by atoms with Crippen LogP contribution in [0, 0.1) is 0 Å². The molecule has 0 saturated heterocycles. The van der Waals surface area contributed by atoms with Gasteiger partial charge in [0.05, 0.1) is 22.0 Å². The van der Waals surface area contributed by atoms with Crippen LogP contribution in [0.1, 0.15) is 0 Å². The summed E-state index contributed by atoms with van der Waals surface area (Å²) >= 11 is 3.74. The predicted octanol–water partition coefficient (Wildman–Crippen LogP) is 3.00. The summed E-state index contributed by atoms with van der Waals surface area (Å²) in [6, 6.07) is 11.4. The number of aromatic hydroxyl groups is 1. The first-order valence-electron chi connectivity index (χ1n) is 9.05. The minimum atomic E-state index is -1.42. The molecule has 1 aliphatic rings. The lowest BCUT2D eigenvalue weighted by Crippen LogP contribution is -2.32. The largest absolute Gasteiger partial charge is 0.505 e. The van der Waals surface area contributed by atoms with E-state index in [-0.39, 0.29) is 16.3 Å². The Morgan fingerprint density at radius 1 is 1.19 bits per heavy atom. The first kappa shape index (κ1) is 21.6. The van der Waals surface area contributed by atoms with Crippen molar-refractivity contribution in [3.63, 3.8) is 0 Å². The summed E-state index contributed by atoms with van der Waals surface area (Å²) in [5, 5.41) is 33.5. The molecule has 0 aliphatic carbocycles. The molecular formula is C20H16N5O5S2+. The maximum atomic E-state index is 12.8. The first-order valence-corrected chi connectivity index (χ1v) is 10.3. The Balaban J connectivity index is 1.67. The van der Waals surface area contributed by atoms with Gasteiger partial charge in [0.15, 0.2) is 5.71 Å². The fraction of sp³-hybridized carbons (Fsp3) is 0.0500. The number of benzene rings is 3. The van der Waals surface area contributed by atoms with E-state index < -0.39 is 23.6 Å². The number of nitrogen functional groups attached to an aromatic ring is 1. The number of rotatable bonds is 5. The highest BCUT2D eigenvalue weighted by Crippen LogP contribution is 2.39. The smallest absolute Gasteiger partial charge is 0.355 e. The third-order valence-corrected chi connectivity index (χ3v) is 5.59. The van der Waals surface area contributed by atoms with E-state index in [1.165, 1.54) is 6.07 Å². The molecule has 4 rings (SSSR count). The molecule has 162 valence electrons. The third-order valence-electron chi connectivity index (χ3n) is 4.72. The van der Waals surface area contributed by atoms with Crippen molar-refractivity contribution >= 4 is 70.1 Å². The van der Waals surface area contributed by atoms with Crippen molar-refractivity contribution in [2.24, 2.45) is 15.3 Å². The number of hydrogen-bond donors (Lipinski definition) is 4. The number of aliphatic carboxylic acids is 1. The van der Waals surface area contributed by atoms with Gasteiger partial charge in [-0.15, -0.1) is 0 Å². The third kappa shape index (κ3) is 3.86. The van der Waals surface area contributed by atoms with Crippen LogP contribution in [0.2, 0.25) is 0 Å². The molecule has 1 atom stereocenters. The van der Waals surface area contributed by atoms with Crippen LogP contribution in [0.25, 0.3) is 10.8 Å². The molecule has 12 heteroatoms. The molecule has 1 heterocycles. The first-order chi connectivity index (χ1) is 15.3. The van der Waals surface area contributed by atoms with Gasteiger partial charge in [0.25, 0.3) is 5.91 Å². The zero-order chi connectivity index (χ0) is 23.0. The fourth-order valence-corrected chi connectivity index (χ4v) is 3.67. The average Bonchev–Trinajstić information content (AvgIpc) is 3.11. The van der Waals surface area contributed by atoms with Gasteiger partial charge >= 0.3 is 5.97 Å². The summed E-state index contributed by atoms with van der Waals surface area (Å²) in [5.74, 6) is -2.22. The van der Waals surface area contributed by atoms with E-state index in [4.69, 9.17) is 5.73 Å². The van der Waals surface area contributed by atoms with Crippen molar-refractivity contribution in [3.8, 4) is 5.75 Å². The van der Waals surface area contributed by atoms with Gasteiger partial charge in [-0.1, -0.05) is 0 Å². The van der Waals surface area contributed by atoms with Crippen LogP contribution >= 0.6 is 12.0 Å². The predicted molar refractivity (Wildman–Crippen MR) is 124 cm³/mol. The SMILES string of the molecule is Nc1c(SO)cc2cc(N=NC3C(=O)N(c4ccc([SH2+])cc4)N=C3C(=O)O)ccc2c1O. The molecule has 10 nitrogen and oxygen atoms in total. The van der Waals surface area contributed by atoms with E-state index in [1.54, 1.807) is 42.5 Å². The number of carboxylic acids is 1. The summed E-state index contributed by atoms with van der Waals surface area (Å²) in [5.41, 5.74) is 6.07. The Morgan fingerprint density at radius 2 is 1.91 bits per heavy atom. The molecule has 3 aromatic rings. The lowest BCUT2D eigenvalue weighted by atomic mass is 10.1. The van der Waals surface area contributed by atoms with E-state index >= 15 is 0 Å². The standard InChI is InChI=1S/C20H15N5O5S2/c21-15-14(32-30)8-9-7-10(1-6-13(9)18(15)26)22-23-16-17(20(28)29)24-25(19(16)27)11-2-4-12(31)5-3-11/h1-8,16,26,30-31H,21H2,(H,28,29)/p+1. The molecule has 0 aromatic heterocycles. The number of carboxylic acid groups (broad SMARTS) is 1. The van der Waals surface area contributed by atoms with Crippen molar-refractivity contribution in [1.29, 1.82) is 0 Å². The van der Waals surface area contributed by atoms with E-state index in [0.717, 1.165) is 9.90 Å². The van der Waals surface area contributed by atoms with Gasteiger partial charge < -0.3 is 20.5 Å². The van der Waals surface area contributed by atoms with Crippen molar-refractivity contribution in [1.82, 2.24) is 0 Å². The van der Waals surface area contributed by atoms with E-state index in [9.17, 15) is 24.4 Å². The van der Waals surface area contributed by atoms with E-state index in [0.29, 0.717) is 34.2 Å². The fourth-order valence-electron chi connectivity index (χ4n) is 3.12. The Bertz CT molecular complexity index is 1310. The van der Waals surface area contributed by atoms with E-state index in [2.05, 4.69) is 28.0 Å². The average molecular weight is 471 g/mol. The molecule has 0 fully saturated rings. The van der Waals surface area contributed by atoms with Crippen molar-refractivity contribution in [2.45, 2.75) is 15.8 Å². The van der Waals surface area contributed by atoms with Gasteiger partial charge in [-0.25, -0.2) is 4.79 Å². The van der Waals surface area contributed by atoms with Crippen molar-refractivity contribution in [2.75, 3.05) is 10.7 Å². The zero-order valence-corrected chi connectivity index (χ0v) is 17.9. The van der Waals surface area contributed by atoms with Gasteiger partial charge in [0, 0.05) is 17.4 Å². The zero-order valence-electron chi connectivity index (χ0n) is 16.1. The molecule has 0 spiro atoms.